The Bertz CT molecular complexity index is 662. The molecule has 0 heterocycles. The van der Waals surface area contributed by atoms with Gasteiger partial charge in [-0.05, 0) is 54.7 Å². The van der Waals surface area contributed by atoms with Crippen LogP contribution < -0.4 is 5.32 Å². The van der Waals surface area contributed by atoms with Gasteiger partial charge in [-0.25, -0.2) is 0 Å². The van der Waals surface area contributed by atoms with Gasteiger partial charge in [-0.3, -0.25) is 4.79 Å². The highest BCUT2D eigenvalue weighted by molar-refractivity contribution is 6.30. The Morgan fingerprint density at radius 2 is 1.68 bits per heavy atom. The van der Waals surface area contributed by atoms with Crippen LogP contribution in [0.15, 0.2) is 42.5 Å². The fraction of sp³-hybridized carbons (Fsp3) is 0.316. The molecule has 1 N–H and O–H groups in total. The van der Waals surface area contributed by atoms with Crippen LogP contribution in [-0.2, 0) is 4.79 Å². The number of anilines is 1. The number of carbonyl (C=O) groups excluding carboxylic acids is 1. The first-order chi connectivity index (χ1) is 10.4. The van der Waals surface area contributed by atoms with Crippen molar-refractivity contribution in [2.75, 3.05) is 5.32 Å². The lowest BCUT2D eigenvalue weighted by Gasteiger charge is -2.22. The quantitative estimate of drug-likeness (QED) is 0.811. The van der Waals surface area contributed by atoms with Crippen LogP contribution in [0.3, 0.4) is 0 Å². The van der Waals surface area contributed by atoms with Gasteiger partial charge < -0.3 is 5.32 Å². The molecule has 1 atom stereocenters. The summed E-state index contributed by atoms with van der Waals surface area (Å²) < 4.78 is 0. The second-order valence-electron chi connectivity index (χ2n) is 6.01. The van der Waals surface area contributed by atoms with Gasteiger partial charge in [-0.1, -0.05) is 49.7 Å². The van der Waals surface area contributed by atoms with Crippen molar-refractivity contribution in [3.8, 4) is 0 Å². The molecule has 1 amide bonds. The molecule has 2 aromatic carbocycles. The van der Waals surface area contributed by atoms with Crippen LogP contribution in [-0.4, -0.2) is 5.91 Å². The Morgan fingerprint density at radius 3 is 2.27 bits per heavy atom. The largest absolute Gasteiger partial charge is 0.325 e. The molecule has 0 aliphatic rings. The average molecular weight is 316 g/mol. The molecule has 2 aromatic rings. The van der Waals surface area contributed by atoms with E-state index in [0.29, 0.717) is 5.02 Å². The van der Waals surface area contributed by atoms with Crippen molar-refractivity contribution in [2.45, 2.75) is 33.6 Å². The van der Waals surface area contributed by atoms with Crippen LogP contribution in [0.25, 0.3) is 0 Å². The summed E-state index contributed by atoms with van der Waals surface area (Å²) >= 11 is 5.94. The number of carbonyl (C=O) groups is 1. The third-order valence-electron chi connectivity index (χ3n) is 4.04. The van der Waals surface area contributed by atoms with Gasteiger partial charge in [0.15, 0.2) is 0 Å². The van der Waals surface area contributed by atoms with E-state index in [-0.39, 0.29) is 17.7 Å². The molecule has 2 nitrogen and oxygen atoms in total. The zero-order valence-corrected chi connectivity index (χ0v) is 14.2. The molecule has 116 valence electrons. The van der Waals surface area contributed by atoms with Gasteiger partial charge in [0.05, 0.1) is 5.92 Å². The standard InChI is InChI=1S/C19H22ClNO/c1-12(2)18(15-8-10-16(20)11-9-15)19(22)21-17-7-5-6-13(3)14(17)4/h5-12,18H,1-4H3,(H,21,22). The van der Waals surface area contributed by atoms with Crippen molar-refractivity contribution in [3.63, 3.8) is 0 Å². The highest BCUT2D eigenvalue weighted by atomic mass is 35.5. The van der Waals surface area contributed by atoms with Crippen LogP contribution in [0, 0.1) is 19.8 Å². The predicted octanol–water partition coefficient (Wildman–Crippen LogP) is 5.34. The number of halogens is 1. The number of hydrogen-bond acceptors (Lipinski definition) is 1. The van der Waals surface area contributed by atoms with E-state index in [1.165, 1.54) is 5.56 Å². The molecule has 3 heteroatoms. The molecule has 0 radical (unpaired) electrons. The number of hydrogen-bond donors (Lipinski definition) is 1. The van der Waals surface area contributed by atoms with E-state index in [0.717, 1.165) is 16.8 Å². The van der Waals surface area contributed by atoms with Crippen molar-refractivity contribution in [2.24, 2.45) is 5.92 Å². The van der Waals surface area contributed by atoms with E-state index in [9.17, 15) is 4.79 Å². The normalized spacial score (nSPS) is 12.3. The maximum absolute atomic E-state index is 12.8. The lowest BCUT2D eigenvalue weighted by molar-refractivity contribution is -0.118. The number of aryl methyl sites for hydroxylation is 1. The molecule has 0 saturated carbocycles. The Balaban J connectivity index is 2.27. The second-order valence-corrected chi connectivity index (χ2v) is 6.45. The molecule has 0 saturated heterocycles. The minimum Gasteiger partial charge on any atom is -0.325 e. The highest BCUT2D eigenvalue weighted by Crippen LogP contribution is 2.28. The molecular weight excluding hydrogens is 294 g/mol. The molecule has 0 bridgehead atoms. The molecule has 0 aliphatic carbocycles. The zero-order chi connectivity index (χ0) is 16.3. The molecule has 1 unspecified atom stereocenters. The summed E-state index contributed by atoms with van der Waals surface area (Å²) in [5.74, 6) is 0.0227. The highest BCUT2D eigenvalue weighted by Gasteiger charge is 2.24. The summed E-state index contributed by atoms with van der Waals surface area (Å²) in [5.41, 5.74) is 4.15. The zero-order valence-electron chi connectivity index (χ0n) is 13.5. The fourth-order valence-electron chi connectivity index (χ4n) is 2.61. The van der Waals surface area contributed by atoms with Crippen LogP contribution in [0.5, 0.6) is 0 Å². The molecule has 0 aromatic heterocycles. The Kier molecular flexibility index (Phi) is 5.25. The van der Waals surface area contributed by atoms with Crippen molar-refractivity contribution in [1.82, 2.24) is 0 Å². The van der Waals surface area contributed by atoms with Crippen molar-refractivity contribution >= 4 is 23.2 Å². The van der Waals surface area contributed by atoms with Gasteiger partial charge in [0, 0.05) is 10.7 Å². The topological polar surface area (TPSA) is 29.1 Å². The first kappa shape index (κ1) is 16.6. The number of rotatable bonds is 4. The monoisotopic (exact) mass is 315 g/mol. The lowest BCUT2D eigenvalue weighted by atomic mass is 9.87. The van der Waals surface area contributed by atoms with E-state index in [1.807, 2.05) is 56.3 Å². The average Bonchev–Trinajstić information content (AvgIpc) is 2.46. The summed E-state index contributed by atoms with van der Waals surface area (Å²) in [5, 5.41) is 3.76. The van der Waals surface area contributed by atoms with E-state index < -0.39 is 0 Å². The molecule has 0 fully saturated rings. The first-order valence-corrected chi connectivity index (χ1v) is 7.90. The smallest absolute Gasteiger partial charge is 0.232 e. The van der Waals surface area contributed by atoms with Crippen LogP contribution in [0.1, 0.15) is 36.5 Å². The fourth-order valence-corrected chi connectivity index (χ4v) is 2.73. The van der Waals surface area contributed by atoms with Gasteiger partial charge in [-0.15, -0.1) is 0 Å². The summed E-state index contributed by atoms with van der Waals surface area (Å²) in [4.78, 5) is 12.8. The molecule has 0 aliphatic heterocycles. The first-order valence-electron chi connectivity index (χ1n) is 7.52. The van der Waals surface area contributed by atoms with Crippen LogP contribution in [0.2, 0.25) is 5.02 Å². The van der Waals surface area contributed by atoms with Gasteiger partial charge in [-0.2, -0.15) is 0 Å². The summed E-state index contributed by atoms with van der Waals surface area (Å²) in [7, 11) is 0. The Hall–Kier alpha value is -1.80. The maximum Gasteiger partial charge on any atom is 0.232 e. The van der Waals surface area contributed by atoms with Gasteiger partial charge in [0.25, 0.3) is 0 Å². The summed E-state index contributed by atoms with van der Waals surface area (Å²) in [6.07, 6.45) is 0. The van der Waals surface area contributed by atoms with Gasteiger partial charge in [0.1, 0.15) is 0 Å². The third-order valence-corrected chi connectivity index (χ3v) is 4.29. The summed E-state index contributed by atoms with van der Waals surface area (Å²) in [6.45, 7) is 8.19. The van der Waals surface area contributed by atoms with E-state index >= 15 is 0 Å². The molecular formula is C19H22ClNO. The van der Waals surface area contributed by atoms with Crippen LogP contribution in [0.4, 0.5) is 5.69 Å². The van der Waals surface area contributed by atoms with Crippen molar-refractivity contribution < 1.29 is 4.79 Å². The molecule has 22 heavy (non-hydrogen) atoms. The van der Waals surface area contributed by atoms with E-state index in [1.54, 1.807) is 0 Å². The minimum atomic E-state index is -0.197. The maximum atomic E-state index is 12.8. The van der Waals surface area contributed by atoms with Crippen molar-refractivity contribution in [1.29, 1.82) is 0 Å². The van der Waals surface area contributed by atoms with Crippen LogP contribution >= 0.6 is 11.6 Å². The third kappa shape index (κ3) is 3.69. The Morgan fingerprint density at radius 1 is 1.05 bits per heavy atom. The van der Waals surface area contributed by atoms with E-state index in [2.05, 4.69) is 19.2 Å². The Labute approximate surface area is 137 Å². The van der Waals surface area contributed by atoms with E-state index in [4.69, 9.17) is 11.6 Å². The number of benzene rings is 2. The number of amides is 1. The lowest BCUT2D eigenvalue weighted by Crippen LogP contribution is -2.25. The minimum absolute atomic E-state index is 0.0195. The van der Waals surface area contributed by atoms with Gasteiger partial charge in [0.2, 0.25) is 5.91 Å². The predicted molar refractivity (Wildman–Crippen MR) is 93.6 cm³/mol. The summed E-state index contributed by atoms with van der Waals surface area (Å²) in [6, 6.07) is 13.5. The molecule has 0 spiro atoms. The molecule has 2 rings (SSSR count). The van der Waals surface area contributed by atoms with Gasteiger partial charge >= 0.3 is 0 Å². The SMILES string of the molecule is Cc1cccc(NC(=O)C(c2ccc(Cl)cc2)C(C)C)c1C. The number of nitrogens with one attached hydrogen (secondary N) is 1. The van der Waals surface area contributed by atoms with Crippen molar-refractivity contribution in [3.05, 3.63) is 64.2 Å². The second kappa shape index (κ2) is 6.97.